The predicted octanol–water partition coefficient (Wildman–Crippen LogP) is 2.42. The summed E-state index contributed by atoms with van der Waals surface area (Å²) < 4.78 is 4.06. The van der Waals surface area contributed by atoms with Crippen molar-refractivity contribution in [3.63, 3.8) is 0 Å². The third-order valence-corrected chi connectivity index (χ3v) is 4.34. The standard InChI is InChI=1S/C18H26N4/c1-17(2,19-15-11-7-9-13-21(15)5)18(3,4)20-16-12-8-10-14-22(16)6/h7-14H,1-6H3. The molecule has 0 unspecified atom stereocenters. The lowest BCUT2D eigenvalue weighted by Gasteiger charge is -2.35. The average Bonchev–Trinajstić information content (AvgIpc) is 2.43. The summed E-state index contributed by atoms with van der Waals surface area (Å²) in [5, 5.41) is 0. The zero-order valence-corrected chi connectivity index (χ0v) is 14.4. The highest BCUT2D eigenvalue weighted by molar-refractivity contribution is 5.04. The lowest BCUT2D eigenvalue weighted by molar-refractivity contribution is 0.297. The maximum atomic E-state index is 4.95. The molecular weight excluding hydrogens is 272 g/mol. The molecule has 0 aliphatic heterocycles. The molecule has 0 amide bonds. The zero-order chi connectivity index (χ0) is 16.4. The molecule has 0 radical (unpaired) electrons. The third kappa shape index (κ3) is 3.38. The molecule has 0 aromatic carbocycles. The molecule has 2 aromatic rings. The van der Waals surface area contributed by atoms with E-state index in [1.54, 1.807) is 0 Å². The Morgan fingerprint density at radius 1 is 0.682 bits per heavy atom. The van der Waals surface area contributed by atoms with Gasteiger partial charge < -0.3 is 9.13 Å². The largest absolute Gasteiger partial charge is 0.336 e. The van der Waals surface area contributed by atoms with Crippen molar-refractivity contribution in [1.29, 1.82) is 0 Å². The van der Waals surface area contributed by atoms with Gasteiger partial charge in [-0.05, 0) is 52.0 Å². The minimum Gasteiger partial charge on any atom is -0.336 e. The van der Waals surface area contributed by atoms with Gasteiger partial charge in [-0.3, -0.25) is 9.98 Å². The molecule has 4 heteroatoms. The average molecular weight is 298 g/mol. The monoisotopic (exact) mass is 298 g/mol. The van der Waals surface area contributed by atoms with Gasteiger partial charge in [0.2, 0.25) is 0 Å². The first-order valence-electron chi connectivity index (χ1n) is 7.58. The molecule has 0 spiro atoms. The molecule has 0 aliphatic rings. The second kappa shape index (κ2) is 5.95. The van der Waals surface area contributed by atoms with Crippen molar-refractivity contribution in [2.45, 2.75) is 38.8 Å². The van der Waals surface area contributed by atoms with Crippen LogP contribution in [-0.4, -0.2) is 20.2 Å². The fourth-order valence-electron chi connectivity index (χ4n) is 2.11. The van der Waals surface area contributed by atoms with Gasteiger partial charge in [0.15, 0.2) is 0 Å². The lowest BCUT2D eigenvalue weighted by atomic mass is 9.83. The molecule has 0 atom stereocenters. The number of hydrogen-bond acceptors (Lipinski definition) is 2. The first kappa shape index (κ1) is 16.3. The molecule has 0 fully saturated rings. The number of nitrogens with zero attached hydrogens (tertiary/aromatic N) is 4. The molecule has 0 bridgehead atoms. The Morgan fingerprint density at radius 2 is 1.05 bits per heavy atom. The SMILES string of the molecule is Cn1ccccc1=NC(C)(C)C(C)(C)N=c1ccccn1C. The summed E-state index contributed by atoms with van der Waals surface area (Å²) >= 11 is 0. The van der Waals surface area contributed by atoms with Crippen molar-refractivity contribution >= 4 is 0 Å². The van der Waals surface area contributed by atoms with Crippen LogP contribution in [0.1, 0.15) is 27.7 Å². The van der Waals surface area contributed by atoms with E-state index in [0.29, 0.717) is 0 Å². The van der Waals surface area contributed by atoms with Crippen molar-refractivity contribution in [3.8, 4) is 0 Å². The van der Waals surface area contributed by atoms with Crippen LogP contribution in [0.15, 0.2) is 58.8 Å². The van der Waals surface area contributed by atoms with E-state index in [0.717, 1.165) is 11.0 Å². The highest BCUT2D eigenvalue weighted by Gasteiger charge is 2.36. The molecule has 2 aromatic heterocycles. The molecule has 2 heterocycles. The van der Waals surface area contributed by atoms with Gasteiger partial charge >= 0.3 is 0 Å². The second-order valence-electron chi connectivity index (χ2n) is 6.68. The number of aromatic nitrogens is 2. The van der Waals surface area contributed by atoms with Crippen LogP contribution in [-0.2, 0) is 14.1 Å². The summed E-state index contributed by atoms with van der Waals surface area (Å²) in [5.41, 5.74) is 1.23. The molecular formula is C18H26N4. The Hall–Kier alpha value is -2.10. The second-order valence-corrected chi connectivity index (χ2v) is 6.68. The third-order valence-electron chi connectivity index (χ3n) is 4.34. The van der Waals surface area contributed by atoms with Crippen molar-refractivity contribution in [3.05, 3.63) is 59.8 Å². The van der Waals surface area contributed by atoms with Crippen molar-refractivity contribution < 1.29 is 0 Å². The van der Waals surface area contributed by atoms with E-state index >= 15 is 0 Å². The van der Waals surface area contributed by atoms with E-state index in [4.69, 9.17) is 9.98 Å². The van der Waals surface area contributed by atoms with Crippen LogP contribution in [0, 0.1) is 0 Å². The molecule has 0 saturated carbocycles. The van der Waals surface area contributed by atoms with Gasteiger partial charge in [0.1, 0.15) is 11.0 Å². The highest BCUT2D eigenvalue weighted by Crippen LogP contribution is 2.28. The van der Waals surface area contributed by atoms with Gasteiger partial charge in [0.05, 0.1) is 11.1 Å². The smallest absolute Gasteiger partial charge is 0.127 e. The van der Waals surface area contributed by atoms with E-state index in [1.807, 2.05) is 72.0 Å². The van der Waals surface area contributed by atoms with E-state index in [1.165, 1.54) is 0 Å². The Kier molecular flexibility index (Phi) is 4.40. The maximum absolute atomic E-state index is 4.95. The van der Waals surface area contributed by atoms with Crippen molar-refractivity contribution in [2.75, 3.05) is 0 Å². The summed E-state index contributed by atoms with van der Waals surface area (Å²) in [4.78, 5) is 9.90. The molecule has 22 heavy (non-hydrogen) atoms. The molecule has 0 N–H and O–H groups in total. The summed E-state index contributed by atoms with van der Waals surface area (Å²) in [6, 6.07) is 12.1. The Bertz CT molecular complexity index is 708. The van der Waals surface area contributed by atoms with Crippen LogP contribution >= 0.6 is 0 Å². The van der Waals surface area contributed by atoms with Crippen LogP contribution in [0.2, 0.25) is 0 Å². The van der Waals surface area contributed by atoms with Gasteiger partial charge in [-0.25, -0.2) is 0 Å². The minimum absolute atomic E-state index is 0.338. The summed E-state index contributed by atoms with van der Waals surface area (Å²) in [6.45, 7) is 8.53. The predicted molar refractivity (Wildman–Crippen MR) is 90.1 cm³/mol. The van der Waals surface area contributed by atoms with Crippen LogP contribution in [0.25, 0.3) is 0 Å². The molecule has 0 saturated heterocycles. The maximum Gasteiger partial charge on any atom is 0.127 e. The lowest BCUT2D eigenvalue weighted by Crippen LogP contribution is -2.46. The molecule has 118 valence electrons. The van der Waals surface area contributed by atoms with Gasteiger partial charge in [-0.2, -0.15) is 0 Å². The van der Waals surface area contributed by atoms with Crippen LogP contribution in [0.5, 0.6) is 0 Å². The van der Waals surface area contributed by atoms with Gasteiger partial charge in [0.25, 0.3) is 0 Å². The number of hydrogen-bond donors (Lipinski definition) is 0. The van der Waals surface area contributed by atoms with E-state index in [-0.39, 0.29) is 11.1 Å². The molecule has 2 rings (SSSR count). The Balaban J connectivity index is 2.53. The fourth-order valence-corrected chi connectivity index (χ4v) is 2.11. The first-order chi connectivity index (χ1) is 10.2. The van der Waals surface area contributed by atoms with Crippen molar-refractivity contribution in [2.24, 2.45) is 24.1 Å². The summed E-state index contributed by atoms with van der Waals surface area (Å²) in [5.74, 6) is 0. The highest BCUT2D eigenvalue weighted by atomic mass is 15.1. The van der Waals surface area contributed by atoms with E-state index < -0.39 is 0 Å². The first-order valence-corrected chi connectivity index (χ1v) is 7.58. The van der Waals surface area contributed by atoms with Crippen LogP contribution < -0.4 is 11.0 Å². The van der Waals surface area contributed by atoms with Gasteiger partial charge in [-0.15, -0.1) is 0 Å². The quantitative estimate of drug-likeness (QED) is 0.834. The van der Waals surface area contributed by atoms with Gasteiger partial charge in [-0.1, -0.05) is 12.1 Å². The number of aryl methyl sites for hydroxylation is 2. The topological polar surface area (TPSA) is 34.6 Å². The van der Waals surface area contributed by atoms with E-state index in [2.05, 4.69) is 27.7 Å². The van der Waals surface area contributed by atoms with Gasteiger partial charge in [0, 0.05) is 26.5 Å². The van der Waals surface area contributed by atoms with Crippen LogP contribution in [0.3, 0.4) is 0 Å². The molecule has 0 aliphatic carbocycles. The fraction of sp³-hybridized carbons (Fsp3) is 0.444. The normalized spacial score (nSPS) is 14.5. The zero-order valence-electron chi connectivity index (χ0n) is 14.4. The Labute approximate surface area is 132 Å². The van der Waals surface area contributed by atoms with E-state index in [9.17, 15) is 0 Å². The number of pyridine rings is 2. The summed E-state index contributed by atoms with van der Waals surface area (Å²) in [6.07, 6.45) is 4.02. The van der Waals surface area contributed by atoms with Crippen molar-refractivity contribution in [1.82, 2.24) is 9.13 Å². The molecule has 4 nitrogen and oxygen atoms in total. The summed E-state index contributed by atoms with van der Waals surface area (Å²) in [7, 11) is 4.02. The Morgan fingerprint density at radius 3 is 1.36 bits per heavy atom. The minimum atomic E-state index is -0.338. The number of rotatable bonds is 3. The van der Waals surface area contributed by atoms with Crippen LogP contribution in [0.4, 0.5) is 0 Å².